The lowest BCUT2D eigenvalue weighted by atomic mass is 10.1. The average molecular weight is 430 g/mol. The maximum atomic E-state index is 13.4. The molecule has 1 amide bonds. The first kappa shape index (κ1) is 20.9. The van der Waals surface area contributed by atoms with Gasteiger partial charge in [-0.15, -0.1) is 0 Å². The van der Waals surface area contributed by atoms with Gasteiger partial charge in [-0.25, -0.2) is 4.99 Å². The Morgan fingerprint density at radius 1 is 1.06 bits per heavy atom. The highest BCUT2D eigenvalue weighted by Crippen LogP contribution is 2.32. The maximum absolute atomic E-state index is 13.4. The van der Waals surface area contributed by atoms with Crippen molar-refractivity contribution in [1.82, 2.24) is 4.98 Å². The number of amidine groups is 1. The Morgan fingerprint density at radius 2 is 1.81 bits per heavy atom. The monoisotopic (exact) mass is 429 g/mol. The number of rotatable bonds is 5. The zero-order chi connectivity index (χ0) is 21.8. The molecular weight excluding hydrogens is 406 g/mol. The Morgan fingerprint density at radius 3 is 2.45 bits per heavy atom. The van der Waals surface area contributed by atoms with Crippen molar-refractivity contribution in [3.8, 4) is 5.75 Å². The first-order valence-electron chi connectivity index (χ1n) is 9.92. The predicted octanol–water partition coefficient (Wildman–Crippen LogP) is 5.38. The lowest BCUT2D eigenvalue weighted by Gasteiger charge is -2.19. The molecule has 0 aliphatic carbocycles. The summed E-state index contributed by atoms with van der Waals surface area (Å²) < 4.78 is 5.22. The van der Waals surface area contributed by atoms with E-state index in [4.69, 9.17) is 9.73 Å². The minimum absolute atomic E-state index is 0.130. The molecule has 0 bridgehead atoms. The highest BCUT2D eigenvalue weighted by Gasteiger charge is 2.32. The summed E-state index contributed by atoms with van der Waals surface area (Å²) in [5.74, 6) is 1.32. The number of hydrogen-bond donors (Lipinski definition) is 0. The molecule has 0 atom stereocenters. The van der Waals surface area contributed by atoms with Crippen LogP contribution < -0.4 is 9.64 Å². The van der Waals surface area contributed by atoms with Gasteiger partial charge >= 0.3 is 0 Å². The van der Waals surface area contributed by atoms with E-state index < -0.39 is 0 Å². The van der Waals surface area contributed by atoms with Crippen molar-refractivity contribution >= 4 is 34.6 Å². The molecule has 0 radical (unpaired) electrons. The number of carbonyl (C=O) groups excluding carboxylic acids is 1. The summed E-state index contributed by atoms with van der Waals surface area (Å²) in [6.07, 6.45) is 5.40. The van der Waals surface area contributed by atoms with E-state index in [1.54, 1.807) is 18.2 Å². The Kier molecular flexibility index (Phi) is 6.18. The summed E-state index contributed by atoms with van der Waals surface area (Å²) >= 11 is 1.53. The van der Waals surface area contributed by atoms with Gasteiger partial charge in [-0.2, -0.15) is 0 Å². The second-order valence-corrected chi connectivity index (χ2v) is 8.28. The first-order chi connectivity index (χ1) is 15.0. The zero-order valence-corrected chi connectivity index (χ0v) is 18.5. The van der Waals surface area contributed by atoms with Gasteiger partial charge in [0.15, 0.2) is 5.17 Å². The van der Waals surface area contributed by atoms with Crippen molar-refractivity contribution in [2.24, 2.45) is 4.99 Å². The minimum Gasteiger partial charge on any atom is -0.497 e. The van der Waals surface area contributed by atoms with E-state index in [0.29, 0.717) is 16.6 Å². The molecule has 2 aromatic carbocycles. The Bertz CT molecular complexity index is 1130. The van der Waals surface area contributed by atoms with Crippen molar-refractivity contribution in [3.05, 3.63) is 94.9 Å². The van der Waals surface area contributed by atoms with Gasteiger partial charge in [0.25, 0.3) is 5.91 Å². The smallest absolute Gasteiger partial charge is 0.283 e. The van der Waals surface area contributed by atoms with Crippen LogP contribution in [0, 0.1) is 13.8 Å². The van der Waals surface area contributed by atoms with E-state index >= 15 is 0 Å². The van der Waals surface area contributed by atoms with Crippen LogP contribution in [0.25, 0.3) is 6.08 Å². The summed E-state index contributed by atoms with van der Waals surface area (Å²) in [5, 5.41) is 0.665. The van der Waals surface area contributed by atoms with E-state index in [9.17, 15) is 4.79 Å². The number of pyridine rings is 1. The van der Waals surface area contributed by atoms with Gasteiger partial charge < -0.3 is 4.74 Å². The van der Waals surface area contributed by atoms with Gasteiger partial charge in [0.2, 0.25) is 0 Å². The van der Waals surface area contributed by atoms with Crippen LogP contribution in [0.2, 0.25) is 0 Å². The largest absolute Gasteiger partial charge is 0.497 e. The molecule has 0 saturated carbocycles. The van der Waals surface area contributed by atoms with Crippen LogP contribution in [-0.4, -0.2) is 23.2 Å². The highest BCUT2D eigenvalue weighted by atomic mass is 32.2. The number of methoxy groups -OCH3 is 1. The molecule has 3 aromatic rings. The van der Waals surface area contributed by atoms with Crippen molar-refractivity contribution in [2.75, 3.05) is 12.0 Å². The standard InChI is InChI=1S/C25H23N3O2S/c1-17-11-18(2)13-21(12-17)28-24(29)23(14-19-6-8-22(30-3)9-7-19)27-25(28)31-16-20-5-4-10-26-15-20/h4-15H,16H2,1-3H3/b23-14-. The van der Waals surface area contributed by atoms with Crippen LogP contribution in [0.4, 0.5) is 5.69 Å². The van der Waals surface area contributed by atoms with Crippen LogP contribution in [0.15, 0.2) is 77.7 Å². The highest BCUT2D eigenvalue weighted by molar-refractivity contribution is 8.13. The van der Waals surface area contributed by atoms with Crippen LogP contribution in [0.1, 0.15) is 22.3 Å². The summed E-state index contributed by atoms with van der Waals surface area (Å²) in [4.78, 5) is 24.0. The summed E-state index contributed by atoms with van der Waals surface area (Å²) in [6, 6.07) is 17.6. The van der Waals surface area contributed by atoms with E-state index in [1.165, 1.54) is 11.8 Å². The van der Waals surface area contributed by atoms with Crippen molar-refractivity contribution in [3.63, 3.8) is 0 Å². The van der Waals surface area contributed by atoms with Gasteiger partial charge in [-0.3, -0.25) is 14.7 Å². The lowest BCUT2D eigenvalue weighted by Crippen LogP contribution is -2.30. The molecule has 156 valence electrons. The molecule has 6 heteroatoms. The van der Waals surface area contributed by atoms with Crippen LogP contribution in [0.5, 0.6) is 5.75 Å². The summed E-state index contributed by atoms with van der Waals surface area (Å²) in [7, 11) is 1.63. The van der Waals surface area contributed by atoms with Gasteiger partial charge in [0, 0.05) is 18.1 Å². The molecule has 0 spiro atoms. The first-order valence-corrected chi connectivity index (χ1v) is 10.9. The van der Waals surface area contributed by atoms with Crippen LogP contribution in [0.3, 0.4) is 0 Å². The number of aromatic nitrogens is 1. The zero-order valence-electron chi connectivity index (χ0n) is 17.7. The Hall–Kier alpha value is -3.38. The molecule has 1 aliphatic rings. The molecule has 0 fully saturated rings. The molecular formula is C25H23N3O2S. The number of thioether (sulfide) groups is 1. The van der Waals surface area contributed by atoms with E-state index in [0.717, 1.165) is 33.7 Å². The quantitative estimate of drug-likeness (QED) is 0.511. The average Bonchev–Trinajstić information content (AvgIpc) is 3.08. The number of hydrogen-bond acceptors (Lipinski definition) is 5. The number of aliphatic imine (C=N–C) groups is 1. The summed E-state index contributed by atoms with van der Waals surface area (Å²) in [5.41, 5.74) is 5.43. The van der Waals surface area contributed by atoms with E-state index in [-0.39, 0.29) is 5.91 Å². The maximum Gasteiger partial charge on any atom is 0.283 e. The number of anilines is 1. The van der Waals surface area contributed by atoms with E-state index in [1.807, 2.05) is 74.7 Å². The van der Waals surface area contributed by atoms with Gasteiger partial charge in [-0.1, -0.05) is 36.0 Å². The molecule has 1 aromatic heterocycles. The third-order valence-corrected chi connectivity index (χ3v) is 5.81. The topological polar surface area (TPSA) is 54.8 Å². The minimum atomic E-state index is -0.130. The Labute approximate surface area is 186 Å². The molecule has 0 saturated heterocycles. The fraction of sp³-hybridized carbons (Fsp3) is 0.160. The molecule has 0 N–H and O–H groups in total. The fourth-order valence-corrected chi connectivity index (χ4v) is 4.34. The second-order valence-electron chi connectivity index (χ2n) is 7.33. The van der Waals surface area contributed by atoms with Crippen molar-refractivity contribution < 1.29 is 9.53 Å². The molecule has 5 nitrogen and oxygen atoms in total. The molecule has 31 heavy (non-hydrogen) atoms. The molecule has 1 aliphatic heterocycles. The lowest BCUT2D eigenvalue weighted by molar-refractivity contribution is -0.113. The molecule has 2 heterocycles. The fourth-order valence-electron chi connectivity index (χ4n) is 3.39. The van der Waals surface area contributed by atoms with Gasteiger partial charge in [0.1, 0.15) is 11.4 Å². The van der Waals surface area contributed by atoms with Crippen molar-refractivity contribution in [1.29, 1.82) is 0 Å². The third kappa shape index (κ3) is 4.86. The third-order valence-electron chi connectivity index (χ3n) is 4.80. The number of amides is 1. The van der Waals surface area contributed by atoms with Crippen LogP contribution >= 0.6 is 11.8 Å². The van der Waals surface area contributed by atoms with Crippen molar-refractivity contribution in [2.45, 2.75) is 19.6 Å². The van der Waals surface area contributed by atoms with E-state index in [2.05, 4.69) is 11.1 Å². The van der Waals surface area contributed by atoms with Gasteiger partial charge in [-0.05, 0) is 72.5 Å². The SMILES string of the molecule is COc1ccc(/C=C2\N=C(SCc3cccnc3)N(c3cc(C)cc(C)c3)C2=O)cc1. The van der Waals surface area contributed by atoms with Gasteiger partial charge in [0.05, 0.1) is 12.8 Å². The second kappa shape index (κ2) is 9.18. The number of ether oxygens (including phenoxy) is 1. The van der Waals surface area contributed by atoms with Crippen LogP contribution in [-0.2, 0) is 10.5 Å². The number of aryl methyl sites for hydroxylation is 2. The number of nitrogens with zero attached hydrogens (tertiary/aromatic N) is 3. The summed E-state index contributed by atoms with van der Waals surface area (Å²) in [6.45, 7) is 4.06. The number of carbonyl (C=O) groups is 1. The Balaban J connectivity index is 1.68. The number of benzene rings is 2. The molecule has 0 unspecified atom stereocenters. The predicted molar refractivity (Wildman–Crippen MR) is 127 cm³/mol. The normalized spacial score (nSPS) is 14.8. The molecule has 4 rings (SSSR count).